The highest BCUT2D eigenvalue weighted by Crippen LogP contribution is 2.26. The second-order valence-corrected chi connectivity index (χ2v) is 6.40. The van der Waals surface area contributed by atoms with E-state index in [2.05, 4.69) is 10.6 Å². The van der Waals surface area contributed by atoms with E-state index in [4.69, 9.17) is 9.15 Å². The van der Waals surface area contributed by atoms with E-state index in [0.717, 1.165) is 22.0 Å². The number of ether oxygens (including phenoxy) is 1. The number of hydrogen-bond donors (Lipinski definition) is 2. The van der Waals surface area contributed by atoms with E-state index in [9.17, 15) is 9.59 Å². The summed E-state index contributed by atoms with van der Waals surface area (Å²) in [5.74, 6) is 0.675. The second-order valence-electron chi connectivity index (χ2n) is 5.46. The quantitative estimate of drug-likeness (QED) is 0.654. The fourth-order valence-corrected chi connectivity index (χ4v) is 2.96. The van der Waals surface area contributed by atoms with Gasteiger partial charge in [-0.2, -0.15) is 0 Å². The molecular formula is C19H18N2O4S. The first-order chi connectivity index (χ1) is 12.7. The zero-order valence-electron chi connectivity index (χ0n) is 14.2. The lowest BCUT2D eigenvalue weighted by molar-refractivity contribution is -0.139. The van der Waals surface area contributed by atoms with Gasteiger partial charge in [-0.1, -0.05) is 18.2 Å². The molecule has 6 nitrogen and oxygen atoms in total. The fourth-order valence-electron chi connectivity index (χ4n) is 2.28. The molecule has 2 heterocycles. The molecule has 0 aliphatic rings. The number of amides is 2. The molecule has 0 spiro atoms. The molecule has 0 atom stereocenters. The molecule has 3 aromatic rings. The van der Waals surface area contributed by atoms with Gasteiger partial charge in [0.15, 0.2) is 0 Å². The number of benzene rings is 1. The topological polar surface area (TPSA) is 80.6 Å². The fraction of sp³-hybridized carbons (Fsp3) is 0.158. The van der Waals surface area contributed by atoms with Crippen LogP contribution in [0.15, 0.2) is 58.3 Å². The SMILES string of the molecule is COc1ccc(CNC(=O)C(=O)NCc2ccc(-c3cccs3)o2)cc1. The van der Waals surface area contributed by atoms with Crippen LogP contribution in [0.3, 0.4) is 0 Å². The molecule has 26 heavy (non-hydrogen) atoms. The molecular weight excluding hydrogens is 352 g/mol. The zero-order chi connectivity index (χ0) is 18.4. The Morgan fingerprint density at radius 2 is 1.73 bits per heavy atom. The van der Waals surface area contributed by atoms with Gasteiger partial charge in [0.2, 0.25) is 0 Å². The summed E-state index contributed by atoms with van der Waals surface area (Å²) in [6.07, 6.45) is 0. The van der Waals surface area contributed by atoms with Gasteiger partial charge in [-0.3, -0.25) is 9.59 Å². The molecule has 134 valence electrons. The first-order valence-corrected chi connectivity index (χ1v) is 8.85. The number of furan rings is 1. The van der Waals surface area contributed by atoms with Gasteiger partial charge in [0.05, 0.1) is 18.5 Å². The van der Waals surface area contributed by atoms with Crippen LogP contribution in [-0.2, 0) is 22.7 Å². The van der Waals surface area contributed by atoms with Crippen molar-refractivity contribution in [2.45, 2.75) is 13.1 Å². The molecule has 2 aromatic heterocycles. The molecule has 0 radical (unpaired) electrons. The summed E-state index contributed by atoms with van der Waals surface area (Å²) in [6, 6.07) is 14.8. The van der Waals surface area contributed by atoms with Crippen molar-refractivity contribution in [2.75, 3.05) is 7.11 Å². The average Bonchev–Trinajstić information content (AvgIpc) is 3.36. The third-order valence-corrected chi connectivity index (χ3v) is 4.55. The van der Waals surface area contributed by atoms with E-state index in [1.165, 1.54) is 0 Å². The third kappa shape index (κ3) is 4.52. The molecule has 3 rings (SSSR count). The third-order valence-electron chi connectivity index (χ3n) is 3.67. The van der Waals surface area contributed by atoms with E-state index in [1.54, 1.807) is 36.6 Å². The van der Waals surface area contributed by atoms with Crippen LogP contribution in [0.1, 0.15) is 11.3 Å². The number of carbonyl (C=O) groups is 2. The summed E-state index contributed by atoms with van der Waals surface area (Å²) in [4.78, 5) is 24.8. The molecule has 1 aromatic carbocycles. The predicted molar refractivity (Wildman–Crippen MR) is 98.7 cm³/mol. The molecule has 0 aliphatic heterocycles. The zero-order valence-corrected chi connectivity index (χ0v) is 15.0. The van der Waals surface area contributed by atoms with Crippen molar-refractivity contribution in [3.63, 3.8) is 0 Å². The summed E-state index contributed by atoms with van der Waals surface area (Å²) in [7, 11) is 1.59. The Labute approximate surface area is 154 Å². The van der Waals surface area contributed by atoms with Crippen molar-refractivity contribution in [2.24, 2.45) is 0 Å². The molecule has 0 bridgehead atoms. The van der Waals surface area contributed by atoms with Gasteiger partial charge >= 0.3 is 11.8 Å². The molecule has 0 saturated carbocycles. The summed E-state index contributed by atoms with van der Waals surface area (Å²) >= 11 is 1.57. The van der Waals surface area contributed by atoms with Gasteiger partial charge in [0, 0.05) is 6.54 Å². The lowest BCUT2D eigenvalue weighted by Crippen LogP contribution is -2.39. The standard InChI is InChI=1S/C19H18N2O4S/c1-24-14-6-4-13(5-7-14)11-20-18(22)19(23)21-12-15-8-9-16(25-15)17-3-2-10-26-17/h2-10H,11-12H2,1H3,(H,20,22)(H,21,23). The van der Waals surface area contributed by atoms with Gasteiger partial charge in [-0.05, 0) is 41.3 Å². The van der Waals surface area contributed by atoms with E-state index in [0.29, 0.717) is 5.76 Å². The van der Waals surface area contributed by atoms with Crippen molar-refractivity contribution in [1.82, 2.24) is 10.6 Å². The van der Waals surface area contributed by atoms with Crippen LogP contribution in [0.4, 0.5) is 0 Å². The largest absolute Gasteiger partial charge is 0.497 e. The van der Waals surface area contributed by atoms with Gasteiger partial charge < -0.3 is 19.8 Å². The molecule has 7 heteroatoms. The van der Waals surface area contributed by atoms with E-state index in [-0.39, 0.29) is 13.1 Å². The summed E-state index contributed by atoms with van der Waals surface area (Å²) < 4.78 is 10.7. The molecule has 0 aliphatic carbocycles. The lowest BCUT2D eigenvalue weighted by Gasteiger charge is -2.06. The lowest BCUT2D eigenvalue weighted by atomic mass is 10.2. The maximum atomic E-state index is 11.9. The first-order valence-electron chi connectivity index (χ1n) is 7.97. The van der Waals surface area contributed by atoms with Gasteiger partial charge in [-0.15, -0.1) is 11.3 Å². The maximum Gasteiger partial charge on any atom is 0.309 e. The minimum atomic E-state index is -0.701. The highest BCUT2D eigenvalue weighted by Gasteiger charge is 2.14. The summed E-state index contributed by atoms with van der Waals surface area (Å²) in [6.45, 7) is 0.416. The molecule has 0 fully saturated rings. The smallest absolute Gasteiger partial charge is 0.309 e. The van der Waals surface area contributed by atoms with Crippen molar-refractivity contribution in [3.05, 3.63) is 65.2 Å². The van der Waals surface area contributed by atoms with Crippen LogP contribution in [-0.4, -0.2) is 18.9 Å². The molecule has 0 saturated heterocycles. The number of rotatable bonds is 6. The Morgan fingerprint density at radius 3 is 2.38 bits per heavy atom. The first kappa shape index (κ1) is 17.8. The Hall–Kier alpha value is -3.06. The highest BCUT2D eigenvalue weighted by atomic mass is 32.1. The Morgan fingerprint density at radius 1 is 1.00 bits per heavy atom. The Kier molecular flexibility index (Phi) is 5.70. The molecule has 2 amide bonds. The van der Waals surface area contributed by atoms with Crippen molar-refractivity contribution in [3.8, 4) is 16.4 Å². The van der Waals surface area contributed by atoms with Crippen LogP contribution >= 0.6 is 11.3 Å². The predicted octanol–water partition coefficient (Wildman–Crippen LogP) is 2.95. The Balaban J connectivity index is 1.46. The van der Waals surface area contributed by atoms with Gasteiger partial charge in [0.1, 0.15) is 17.3 Å². The van der Waals surface area contributed by atoms with Crippen molar-refractivity contribution < 1.29 is 18.7 Å². The highest BCUT2D eigenvalue weighted by molar-refractivity contribution is 7.13. The second kappa shape index (κ2) is 8.35. The van der Waals surface area contributed by atoms with Crippen LogP contribution in [0.5, 0.6) is 5.75 Å². The van der Waals surface area contributed by atoms with Crippen molar-refractivity contribution >= 4 is 23.2 Å². The number of thiophene rings is 1. The summed E-state index contributed by atoms with van der Waals surface area (Å²) in [5.41, 5.74) is 0.874. The van der Waals surface area contributed by atoms with Gasteiger partial charge in [0.25, 0.3) is 0 Å². The number of methoxy groups -OCH3 is 1. The average molecular weight is 370 g/mol. The van der Waals surface area contributed by atoms with E-state index < -0.39 is 11.8 Å². The molecule has 2 N–H and O–H groups in total. The number of carbonyl (C=O) groups excluding carboxylic acids is 2. The Bertz CT molecular complexity index is 869. The monoisotopic (exact) mass is 370 g/mol. The number of nitrogens with one attached hydrogen (secondary N) is 2. The van der Waals surface area contributed by atoms with Gasteiger partial charge in [-0.25, -0.2) is 0 Å². The summed E-state index contributed by atoms with van der Waals surface area (Å²) in [5, 5.41) is 7.09. The minimum Gasteiger partial charge on any atom is -0.497 e. The molecule has 0 unspecified atom stereocenters. The van der Waals surface area contributed by atoms with Crippen molar-refractivity contribution in [1.29, 1.82) is 0 Å². The van der Waals surface area contributed by atoms with E-state index >= 15 is 0 Å². The van der Waals surface area contributed by atoms with Crippen LogP contribution in [0.2, 0.25) is 0 Å². The maximum absolute atomic E-state index is 11.9. The van der Waals surface area contributed by atoms with E-state index in [1.807, 2.05) is 35.7 Å². The normalized spacial score (nSPS) is 10.3. The minimum absolute atomic E-state index is 0.153. The number of hydrogen-bond acceptors (Lipinski definition) is 5. The van der Waals surface area contributed by atoms with Crippen LogP contribution in [0.25, 0.3) is 10.6 Å². The van der Waals surface area contributed by atoms with Crippen LogP contribution in [0, 0.1) is 0 Å². The van der Waals surface area contributed by atoms with Crippen LogP contribution < -0.4 is 15.4 Å².